The molecule has 0 saturated carbocycles. The third-order valence-electron chi connectivity index (χ3n) is 10.4. The van der Waals surface area contributed by atoms with Crippen LogP contribution in [0, 0.1) is 34.6 Å². The molecule has 1 aliphatic rings. The van der Waals surface area contributed by atoms with Gasteiger partial charge in [0.1, 0.15) is 0 Å². The first-order chi connectivity index (χ1) is 25.9. The van der Waals surface area contributed by atoms with Gasteiger partial charge in [0.05, 0.1) is 44.7 Å². The average molecular weight is 747 g/mol. The van der Waals surface area contributed by atoms with Crippen molar-refractivity contribution in [3.05, 3.63) is 153 Å². The Bertz CT molecular complexity index is 2770. The summed E-state index contributed by atoms with van der Waals surface area (Å²) in [6, 6.07) is 26.8. The predicted octanol–water partition coefficient (Wildman–Crippen LogP) is 12.5. The maximum absolute atomic E-state index is 14.5. The fourth-order valence-electron chi connectivity index (χ4n) is 8.11. The van der Waals surface area contributed by atoms with Gasteiger partial charge in [0.25, 0.3) is 11.8 Å². The van der Waals surface area contributed by atoms with Crippen molar-refractivity contribution in [3.8, 4) is 27.9 Å². The highest BCUT2D eigenvalue weighted by molar-refractivity contribution is 6.36. The fraction of sp³-hybridized carbons (Fsp3) is 0.156. The van der Waals surface area contributed by atoms with Crippen molar-refractivity contribution in [1.82, 2.24) is 4.57 Å². The number of carbonyl (C=O) groups excluding carboxylic acids is 2. The molecular weight excluding hydrogens is 714 g/mol. The number of rotatable bonds is 4. The summed E-state index contributed by atoms with van der Waals surface area (Å²) in [5.41, 5.74) is 5.63. The summed E-state index contributed by atoms with van der Waals surface area (Å²) in [4.78, 5) is 29.7. The molecule has 7 aromatic rings. The van der Waals surface area contributed by atoms with Crippen LogP contribution in [-0.4, -0.2) is 16.4 Å². The van der Waals surface area contributed by atoms with Crippen LogP contribution in [0.25, 0.3) is 49.7 Å². The third-order valence-corrected chi connectivity index (χ3v) is 10.4. The first-order valence-corrected chi connectivity index (χ1v) is 17.5. The Morgan fingerprint density at radius 3 is 1.69 bits per heavy atom. The van der Waals surface area contributed by atoms with Gasteiger partial charge in [-0.3, -0.25) is 9.59 Å². The van der Waals surface area contributed by atoms with Gasteiger partial charge in [0, 0.05) is 10.8 Å². The molecular formula is C45H32F6N2O2. The van der Waals surface area contributed by atoms with Crippen LogP contribution in [0.5, 0.6) is 0 Å². The molecule has 0 atom stereocenters. The monoisotopic (exact) mass is 746 g/mol. The van der Waals surface area contributed by atoms with Gasteiger partial charge in [0.2, 0.25) is 0 Å². The van der Waals surface area contributed by atoms with Crippen molar-refractivity contribution in [2.45, 2.75) is 47.0 Å². The highest BCUT2D eigenvalue weighted by Crippen LogP contribution is 2.44. The van der Waals surface area contributed by atoms with E-state index in [4.69, 9.17) is 0 Å². The number of hydrogen-bond donors (Lipinski definition) is 0. The zero-order valence-electron chi connectivity index (χ0n) is 30.3. The molecule has 8 rings (SSSR count). The van der Waals surface area contributed by atoms with Crippen molar-refractivity contribution in [3.63, 3.8) is 0 Å². The fourth-order valence-corrected chi connectivity index (χ4v) is 8.11. The number of nitrogens with zero attached hydrogens (tertiary/aromatic N) is 2. The van der Waals surface area contributed by atoms with E-state index >= 15 is 0 Å². The molecule has 2 amide bonds. The minimum Gasteiger partial charge on any atom is -0.308 e. The normalized spacial score (nSPS) is 13.4. The van der Waals surface area contributed by atoms with Gasteiger partial charge in [-0.2, -0.15) is 26.3 Å². The maximum Gasteiger partial charge on any atom is 0.417 e. The molecule has 55 heavy (non-hydrogen) atoms. The summed E-state index contributed by atoms with van der Waals surface area (Å²) in [6.45, 7) is 8.81. The number of benzene rings is 6. The predicted molar refractivity (Wildman–Crippen MR) is 203 cm³/mol. The van der Waals surface area contributed by atoms with E-state index in [0.717, 1.165) is 34.9 Å². The highest BCUT2D eigenvalue weighted by atomic mass is 19.4. The second-order valence-corrected chi connectivity index (χ2v) is 14.3. The Balaban J connectivity index is 1.39. The Morgan fingerprint density at radius 1 is 0.509 bits per heavy atom. The van der Waals surface area contributed by atoms with Crippen LogP contribution in [0.1, 0.15) is 59.7 Å². The number of hydrogen-bond acceptors (Lipinski definition) is 2. The number of amides is 2. The lowest BCUT2D eigenvalue weighted by Gasteiger charge is -2.20. The molecule has 276 valence electrons. The number of anilines is 1. The molecule has 10 heteroatoms. The largest absolute Gasteiger partial charge is 0.417 e. The Hall–Kier alpha value is -6.16. The van der Waals surface area contributed by atoms with Crippen LogP contribution in [0.4, 0.5) is 32.0 Å². The molecule has 2 heterocycles. The first-order valence-electron chi connectivity index (χ1n) is 17.5. The van der Waals surface area contributed by atoms with Crippen LogP contribution in [0.15, 0.2) is 103 Å². The maximum atomic E-state index is 14.5. The standard InChI is InChI=1S/C45H32F6N2O2/c1-23-9-13-32(36(19-23)45(49,50)51)29-11-16-38-35(22-29)34-21-28(31-14-12-30(20-25(31)3)44(46,47)48)10-15-37(34)52(38)39-8-6-7-33-40(39)43(55)53(42(33)54)41-26(4)17-24(2)18-27(41)5/h6-22H,1-5H3. The van der Waals surface area contributed by atoms with Gasteiger partial charge in [-0.25, -0.2) is 4.90 Å². The van der Waals surface area contributed by atoms with Crippen molar-refractivity contribution >= 4 is 39.3 Å². The Kier molecular flexibility index (Phi) is 8.11. The second kappa shape index (κ2) is 12.4. The van der Waals surface area contributed by atoms with Gasteiger partial charge < -0.3 is 4.57 Å². The summed E-state index contributed by atoms with van der Waals surface area (Å²) in [7, 11) is 0. The van der Waals surface area contributed by atoms with E-state index in [1.54, 1.807) is 74.5 Å². The van der Waals surface area contributed by atoms with Gasteiger partial charge >= 0.3 is 12.4 Å². The number of imide groups is 1. The highest BCUT2D eigenvalue weighted by Gasteiger charge is 2.41. The molecule has 0 fully saturated rings. The smallest absolute Gasteiger partial charge is 0.308 e. The van der Waals surface area contributed by atoms with E-state index in [2.05, 4.69) is 0 Å². The molecule has 0 spiro atoms. The second-order valence-electron chi connectivity index (χ2n) is 14.3. The van der Waals surface area contributed by atoms with Gasteiger partial charge in [-0.05, 0) is 128 Å². The number of carbonyl (C=O) groups is 2. The number of halogens is 6. The van der Waals surface area contributed by atoms with Crippen molar-refractivity contribution in [2.24, 2.45) is 0 Å². The number of aromatic nitrogens is 1. The van der Waals surface area contributed by atoms with E-state index in [0.29, 0.717) is 61.0 Å². The molecule has 4 nitrogen and oxygen atoms in total. The molecule has 0 N–H and O–H groups in total. The lowest BCUT2D eigenvalue weighted by molar-refractivity contribution is -0.138. The number of aryl methyl sites for hydroxylation is 5. The molecule has 6 aromatic carbocycles. The van der Waals surface area contributed by atoms with E-state index in [1.807, 2.05) is 37.5 Å². The molecule has 0 radical (unpaired) electrons. The molecule has 0 aliphatic carbocycles. The molecule has 1 aromatic heterocycles. The molecule has 0 unspecified atom stereocenters. The summed E-state index contributed by atoms with van der Waals surface area (Å²) >= 11 is 0. The first kappa shape index (κ1) is 35.8. The minimum atomic E-state index is -4.63. The summed E-state index contributed by atoms with van der Waals surface area (Å²) in [5, 5.41) is 1.13. The van der Waals surface area contributed by atoms with E-state index in [1.165, 1.54) is 17.0 Å². The van der Waals surface area contributed by atoms with Gasteiger partial charge in [-0.15, -0.1) is 0 Å². The number of alkyl halides is 6. The Morgan fingerprint density at radius 2 is 1.11 bits per heavy atom. The summed E-state index contributed by atoms with van der Waals surface area (Å²) in [5.74, 6) is -0.984. The summed E-state index contributed by atoms with van der Waals surface area (Å²) in [6.07, 6.45) is -9.15. The van der Waals surface area contributed by atoms with Crippen LogP contribution < -0.4 is 4.90 Å². The van der Waals surface area contributed by atoms with Crippen LogP contribution in [0.3, 0.4) is 0 Å². The molecule has 1 aliphatic heterocycles. The topological polar surface area (TPSA) is 42.3 Å². The quantitative estimate of drug-likeness (QED) is 0.133. The van der Waals surface area contributed by atoms with E-state index in [9.17, 15) is 35.9 Å². The van der Waals surface area contributed by atoms with E-state index < -0.39 is 35.3 Å². The SMILES string of the molecule is Cc1cc(C)c(N2C(=O)c3cccc(-n4c5ccc(-c6ccc(C(F)(F)F)cc6C)cc5c5cc(-c6ccc(C)cc6C(F)(F)F)ccc54)c3C2=O)c(C)c1. The van der Waals surface area contributed by atoms with E-state index in [-0.39, 0.29) is 16.7 Å². The summed E-state index contributed by atoms with van der Waals surface area (Å²) < 4.78 is 85.6. The van der Waals surface area contributed by atoms with Crippen molar-refractivity contribution in [1.29, 1.82) is 0 Å². The third kappa shape index (κ3) is 5.78. The zero-order chi connectivity index (χ0) is 39.3. The van der Waals surface area contributed by atoms with Crippen molar-refractivity contribution in [2.75, 3.05) is 4.90 Å². The number of fused-ring (bicyclic) bond motifs is 4. The average Bonchev–Trinajstić information content (AvgIpc) is 3.57. The van der Waals surface area contributed by atoms with Gasteiger partial charge in [-0.1, -0.05) is 59.7 Å². The Labute approximate surface area is 312 Å². The zero-order valence-corrected chi connectivity index (χ0v) is 30.3. The van der Waals surface area contributed by atoms with Crippen LogP contribution in [0.2, 0.25) is 0 Å². The molecule has 0 bridgehead atoms. The molecule has 0 saturated heterocycles. The lowest BCUT2D eigenvalue weighted by atomic mass is 9.95. The van der Waals surface area contributed by atoms with Crippen molar-refractivity contribution < 1.29 is 35.9 Å². The minimum absolute atomic E-state index is 0.0171. The van der Waals surface area contributed by atoms with Crippen LogP contribution >= 0.6 is 0 Å². The van der Waals surface area contributed by atoms with Gasteiger partial charge in [0.15, 0.2) is 0 Å². The lowest BCUT2D eigenvalue weighted by Crippen LogP contribution is -2.31. The van der Waals surface area contributed by atoms with Crippen LogP contribution in [-0.2, 0) is 12.4 Å².